The summed E-state index contributed by atoms with van der Waals surface area (Å²) in [5, 5.41) is 9.96. The summed E-state index contributed by atoms with van der Waals surface area (Å²) in [7, 11) is 0. The van der Waals surface area contributed by atoms with Gasteiger partial charge < -0.3 is 4.57 Å². The standard InChI is InChI=1S/C59H35N3/c1-2-17-38(18-3-1)62-54-28-13-11-21-41(54)49-32-48-40-20-10-12-27-50(40)59(52(48)33-55(49)62)51-31-37(29-30-47(51)58-53(59)34-60-35-61-58)56-43-22-6-8-24-45(43)57(46-25-9-7-23-44(46)56)42-26-14-16-36-15-4-5-19-39(36)42/h1-35H. The zero-order chi connectivity index (χ0) is 40.5. The fourth-order valence-corrected chi connectivity index (χ4v) is 11.5. The Morgan fingerprint density at radius 1 is 0.371 bits per heavy atom. The van der Waals surface area contributed by atoms with E-state index in [-0.39, 0.29) is 0 Å². The highest BCUT2D eigenvalue weighted by atomic mass is 15.0. The molecule has 0 N–H and O–H groups in total. The van der Waals surface area contributed by atoms with Gasteiger partial charge in [-0.05, 0) is 119 Å². The SMILES string of the molecule is c1ccc(-n2c3ccccc3c3cc4c(cc32)C2(c3ccccc3-4)c3cc(-c4c5ccccc5c(-c5cccc6ccccc56)c5ccccc45)ccc3-c3ncncc32)cc1. The van der Waals surface area contributed by atoms with Gasteiger partial charge in [-0.2, -0.15) is 0 Å². The van der Waals surface area contributed by atoms with Crippen molar-refractivity contribution in [1.82, 2.24) is 14.5 Å². The third kappa shape index (κ3) is 4.29. The van der Waals surface area contributed by atoms with Gasteiger partial charge in [0, 0.05) is 33.8 Å². The summed E-state index contributed by atoms with van der Waals surface area (Å²) in [5.74, 6) is 0. The Morgan fingerprint density at radius 3 is 1.81 bits per heavy atom. The smallest absolute Gasteiger partial charge is 0.116 e. The molecule has 0 radical (unpaired) electrons. The molecule has 10 aromatic carbocycles. The van der Waals surface area contributed by atoms with Crippen LogP contribution in [0.25, 0.3) is 104 Å². The van der Waals surface area contributed by atoms with Crippen LogP contribution in [0, 0.1) is 0 Å². The van der Waals surface area contributed by atoms with Crippen LogP contribution in [0.5, 0.6) is 0 Å². The number of hydrogen-bond acceptors (Lipinski definition) is 2. The molecule has 1 spiro atoms. The lowest BCUT2D eigenvalue weighted by atomic mass is 9.70. The van der Waals surface area contributed by atoms with Crippen molar-refractivity contribution >= 4 is 54.1 Å². The molecule has 3 nitrogen and oxygen atoms in total. The van der Waals surface area contributed by atoms with Gasteiger partial charge in [0.2, 0.25) is 0 Å². The minimum Gasteiger partial charge on any atom is -0.309 e. The third-order valence-electron chi connectivity index (χ3n) is 13.9. The van der Waals surface area contributed by atoms with Crippen LogP contribution in [0.1, 0.15) is 22.3 Å². The molecule has 12 aromatic rings. The number of benzene rings is 10. The van der Waals surface area contributed by atoms with E-state index in [9.17, 15) is 0 Å². The van der Waals surface area contributed by atoms with E-state index in [1.807, 2.05) is 0 Å². The van der Waals surface area contributed by atoms with Gasteiger partial charge in [-0.15, -0.1) is 0 Å². The maximum Gasteiger partial charge on any atom is 0.116 e. The Bertz CT molecular complexity index is 3820. The topological polar surface area (TPSA) is 30.7 Å². The van der Waals surface area contributed by atoms with Crippen molar-refractivity contribution in [2.45, 2.75) is 5.41 Å². The first-order chi connectivity index (χ1) is 30.8. The second-order valence-corrected chi connectivity index (χ2v) is 16.8. The molecular weight excluding hydrogens is 751 g/mol. The van der Waals surface area contributed by atoms with Crippen molar-refractivity contribution in [3.05, 3.63) is 235 Å². The zero-order valence-corrected chi connectivity index (χ0v) is 33.5. The summed E-state index contributed by atoms with van der Waals surface area (Å²) in [5.41, 5.74) is 17.4. The van der Waals surface area contributed by atoms with E-state index in [0.29, 0.717) is 0 Å². The molecule has 0 saturated carbocycles. The average Bonchev–Trinajstić information content (AvgIpc) is 3.93. The van der Waals surface area contributed by atoms with Gasteiger partial charge in [-0.25, -0.2) is 9.97 Å². The second-order valence-electron chi connectivity index (χ2n) is 16.8. The molecule has 14 rings (SSSR count). The molecule has 0 amide bonds. The van der Waals surface area contributed by atoms with Gasteiger partial charge in [-0.3, -0.25) is 0 Å². The van der Waals surface area contributed by atoms with Crippen molar-refractivity contribution in [3.63, 3.8) is 0 Å². The van der Waals surface area contributed by atoms with E-state index >= 15 is 0 Å². The average molecular weight is 786 g/mol. The maximum atomic E-state index is 5.08. The Hall–Kier alpha value is -8.14. The summed E-state index contributed by atoms with van der Waals surface area (Å²) in [6.07, 6.45) is 3.79. The molecular formula is C59H35N3. The lowest BCUT2D eigenvalue weighted by Crippen LogP contribution is -2.26. The van der Waals surface area contributed by atoms with Crippen LogP contribution in [0.3, 0.4) is 0 Å². The van der Waals surface area contributed by atoms with E-state index in [0.717, 1.165) is 22.5 Å². The fraction of sp³-hybridized carbons (Fsp3) is 0.0169. The molecule has 2 aliphatic rings. The number of rotatable bonds is 3. The number of aromatic nitrogens is 3. The van der Waals surface area contributed by atoms with E-state index in [4.69, 9.17) is 9.97 Å². The summed E-state index contributed by atoms with van der Waals surface area (Å²) in [4.78, 5) is 9.86. The lowest BCUT2D eigenvalue weighted by molar-refractivity contribution is 0.785. The van der Waals surface area contributed by atoms with Crippen LogP contribution in [0.4, 0.5) is 0 Å². The molecule has 0 bridgehead atoms. The first-order valence-corrected chi connectivity index (χ1v) is 21.4. The molecule has 1 unspecified atom stereocenters. The van der Waals surface area contributed by atoms with Gasteiger partial charge in [0.25, 0.3) is 0 Å². The van der Waals surface area contributed by atoms with Crippen molar-refractivity contribution in [2.75, 3.05) is 0 Å². The number of para-hydroxylation sites is 2. The Labute approximate surface area is 357 Å². The highest BCUT2D eigenvalue weighted by Gasteiger charge is 2.53. The van der Waals surface area contributed by atoms with Crippen molar-refractivity contribution < 1.29 is 0 Å². The molecule has 1 atom stereocenters. The highest BCUT2D eigenvalue weighted by molar-refractivity contribution is 6.24. The van der Waals surface area contributed by atoms with Gasteiger partial charge in [0.15, 0.2) is 0 Å². The minimum atomic E-state index is -0.644. The van der Waals surface area contributed by atoms with Crippen molar-refractivity contribution in [3.8, 4) is 50.3 Å². The second kappa shape index (κ2) is 12.4. The molecule has 286 valence electrons. The summed E-state index contributed by atoms with van der Waals surface area (Å²) < 4.78 is 2.44. The summed E-state index contributed by atoms with van der Waals surface area (Å²) in [6, 6.07) is 74.2. The highest BCUT2D eigenvalue weighted by Crippen LogP contribution is 2.63. The van der Waals surface area contributed by atoms with E-state index in [2.05, 4.69) is 211 Å². The number of fused-ring (bicyclic) bond motifs is 16. The third-order valence-corrected chi connectivity index (χ3v) is 13.9. The van der Waals surface area contributed by atoms with E-state index < -0.39 is 5.41 Å². The maximum absolute atomic E-state index is 5.08. The molecule has 2 aliphatic carbocycles. The molecule has 0 saturated heterocycles. The molecule has 0 fully saturated rings. The minimum absolute atomic E-state index is 0.644. The zero-order valence-electron chi connectivity index (χ0n) is 33.5. The van der Waals surface area contributed by atoms with E-state index in [1.165, 1.54) is 104 Å². The van der Waals surface area contributed by atoms with Crippen LogP contribution >= 0.6 is 0 Å². The van der Waals surface area contributed by atoms with Crippen LogP contribution in [0.15, 0.2) is 213 Å². The summed E-state index contributed by atoms with van der Waals surface area (Å²) in [6.45, 7) is 0. The normalized spacial score (nSPS) is 14.8. The lowest BCUT2D eigenvalue weighted by Gasteiger charge is -2.30. The van der Waals surface area contributed by atoms with Gasteiger partial charge >= 0.3 is 0 Å². The first-order valence-electron chi connectivity index (χ1n) is 21.4. The first kappa shape index (κ1) is 33.7. The quantitative estimate of drug-likeness (QED) is 0.167. The fourth-order valence-electron chi connectivity index (χ4n) is 11.5. The predicted molar refractivity (Wildman–Crippen MR) is 256 cm³/mol. The van der Waals surface area contributed by atoms with Crippen LogP contribution < -0.4 is 0 Å². The van der Waals surface area contributed by atoms with Gasteiger partial charge in [-0.1, -0.05) is 164 Å². The molecule has 62 heavy (non-hydrogen) atoms. The van der Waals surface area contributed by atoms with Crippen LogP contribution in [0.2, 0.25) is 0 Å². The van der Waals surface area contributed by atoms with Crippen molar-refractivity contribution in [1.29, 1.82) is 0 Å². The van der Waals surface area contributed by atoms with Gasteiger partial charge in [0.05, 0.1) is 22.1 Å². The molecule has 0 aliphatic heterocycles. The molecule has 2 aromatic heterocycles. The Morgan fingerprint density at radius 2 is 1.00 bits per heavy atom. The van der Waals surface area contributed by atoms with Crippen molar-refractivity contribution in [2.24, 2.45) is 0 Å². The Kier molecular flexibility index (Phi) is 6.76. The Balaban J connectivity index is 1.09. The predicted octanol–water partition coefficient (Wildman–Crippen LogP) is 14.7. The van der Waals surface area contributed by atoms with Gasteiger partial charge in [0.1, 0.15) is 6.33 Å². The largest absolute Gasteiger partial charge is 0.309 e. The van der Waals surface area contributed by atoms with Crippen LogP contribution in [-0.4, -0.2) is 14.5 Å². The summed E-state index contributed by atoms with van der Waals surface area (Å²) >= 11 is 0. The number of nitrogens with zero attached hydrogens (tertiary/aromatic N) is 3. The number of hydrogen-bond donors (Lipinski definition) is 0. The molecule has 3 heteroatoms. The monoisotopic (exact) mass is 785 g/mol. The van der Waals surface area contributed by atoms with E-state index in [1.54, 1.807) is 6.33 Å². The van der Waals surface area contributed by atoms with Crippen LogP contribution in [-0.2, 0) is 5.41 Å². The molecule has 2 heterocycles.